The Labute approximate surface area is 137 Å². The van der Waals surface area contributed by atoms with Crippen LogP contribution in [0.25, 0.3) is 10.9 Å². The summed E-state index contributed by atoms with van der Waals surface area (Å²) in [6, 6.07) is 5.52. The number of aliphatic hydroxyl groups is 4. The van der Waals surface area contributed by atoms with Crippen molar-refractivity contribution in [2.24, 2.45) is 0 Å². The van der Waals surface area contributed by atoms with E-state index < -0.39 is 43.0 Å². The highest BCUT2D eigenvalue weighted by molar-refractivity contribution is 5.86. The lowest BCUT2D eigenvalue weighted by molar-refractivity contribution is -0.141. The highest BCUT2D eigenvalue weighted by atomic mass is 16.4. The van der Waals surface area contributed by atoms with E-state index in [1.165, 1.54) is 0 Å². The Morgan fingerprint density at radius 3 is 2.62 bits per heavy atom. The van der Waals surface area contributed by atoms with Gasteiger partial charge in [0.2, 0.25) is 0 Å². The number of hydrogen-bond donors (Lipinski definition) is 7. The number of H-pyrrole nitrogens is 1. The number of para-hydroxylation sites is 1. The van der Waals surface area contributed by atoms with E-state index in [9.17, 15) is 25.2 Å². The molecule has 0 aliphatic carbocycles. The third kappa shape index (κ3) is 2.79. The molecule has 0 saturated heterocycles. The van der Waals surface area contributed by atoms with Crippen LogP contribution in [-0.4, -0.2) is 67.4 Å². The normalized spacial score (nSPS) is 24.3. The molecule has 0 unspecified atom stereocenters. The van der Waals surface area contributed by atoms with Crippen molar-refractivity contribution in [2.45, 2.75) is 36.8 Å². The number of aromatic nitrogens is 1. The lowest BCUT2D eigenvalue weighted by Gasteiger charge is -2.35. The smallest absolute Gasteiger partial charge is 0.321 e. The number of nitrogens with one attached hydrogen (secondary N) is 2. The SMILES string of the molecule is O=C(O)[C@@H]1Cc2c([nH]c3ccccc23)[C@H]([C@@H](O)[C@@H](O)[C@@H](O)CO)N1. The molecular weight excluding hydrogens is 316 g/mol. The Hall–Kier alpha value is -1.97. The molecule has 2 aromatic rings. The van der Waals surface area contributed by atoms with Gasteiger partial charge in [0.1, 0.15) is 24.4 Å². The molecule has 0 spiro atoms. The molecule has 7 N–H and O–H groups in total. The van der Waals surface area contributed by atoms with Gasteiger partial charge in [0.15, 0.2) is 0 Å². The zero-order valence-electron chi connectivity index (χ0n) is 12.8. The standard InChI is InChI=1S/C16H20N2O6/c19-6-11(20)14(21)15(22)13-12-8(5-10(18-13)16(23)24)7-3-1-2-4-9(7)17-12/h1-4,10-11,13-15,17-22H,5-6H2,(H,23,24)/t10-,11-,13+,14-,15+/m0/s1. The van der Waals surface area contributed by atoms with Crippen molar-refractivity contribution in [1.82, 2.24) is 10.3 Å². The molecule has 0 fully saturated rings. The van der Waals surface area contributed by atoms with Crippen LogP contribution in [0.2, 0.25) is 0 Å². The van der Waals surface area contributed by atoms with Gasteiger partial charge in [-0.05, 0) is 11.6 Å². The Morgan fingerprint density at radius 2 is 1.96 bits per heavy atom. The maximum absolute atomic E-state index is 11.4. The summed E-state index contributed by atoms with van der Waals surface area (Å²) < 4.78 is 0. The number of carbonyl (C=O) groups is 1. The zero-order valence-corrected chi connectivity index (χ0v) is 12.8. The molecule has 130 valence electrons. The largest absolute Gasteiger partial charge is 0.480 e. The molecule has 3 rings (SSSR count). The number of carboxylic acids is 1. The van der Waals surface area contributed by atoms with E-state index >= 15 is 0 Å². The summed E-state index contributed by atoms with van der Waals surface area (Å²) in [5.41, 5.74) is 2.13. The highest BCUT2D eigenvalue weighted by Gasteiger charge is 2.40. The predicted molar refractivity (Wildman–Crippen MR) is 84.4 cm³/mol. The Morgan fingerprint density at radius 1 is 1.25 bits per heavy atom. The van der Waals surface area contributed by atoms with Crippen molar-refractivity contribution in [1.29, 1.82) is 0 Å². The van der Waals surface area contributed by atoms with Gasteiger partial charge in [-0.2, -0.15) is 0 Å². The molecule has 8 nitrogen and oxygen atoms in total. The molecule has 5 atom stereocenters. The average Bonchev–Trinajstić information content (AvgIpc) is 2.97. The molecular formula is C16H20N2O6. The second-order valence-corrected chi connectivity index (χ2v) is 6.03. The summed E-state index contributed by atoms with van der Waals surface area (Å²) in [6.45, 7) is -0.715. The van der Waals surface area contributed by atoms with Gasteiger partial charge >= 0.3 is 5.97 Å². The van der Waals surface area contributed by atoms with Crippen LogP contribution in [0.4, 0.5) is 0 Å². The minimum Gasteiger partial charge on any atom is -0.480 e. The first-order valence-corrected chi connectivity index (χ1v) is 7.67. The van der Waals surface area contributed by atoms with Crippen LogP contribution in [0.15, 0.2) is 24.3 Å². The fourth-order valence-corrected chi connectivity index (χ4v) is 3.23. The van der Waals surface area contributed by atoms with Crippen LogP contribution in [0.3, 0.4) is 0 Å². The minimum atomic E-state index is -1.63. The molecule has 1 aromatic carbocycles. The van der Waals surface area contributed by atoms with Gasteiger partial charge in [-0.1, -0.05) is 18.2 Å². The molecule has 0 amide bonds. The van der Waals surface area contributed by atoms with Crippen LogP contribution in [-0.2, 0) is 11.2 Å². The lowest BCUT2D eigenvalue weighted by atomic mass is 9.88. The molecule has 0 saturated carbocycles. The monoisotopic (exact) mass is 336 g/mol. The molecule has 2 heterocycles. The number of aliphatic hydroxyl groups excluding tert-OH is 4. The summed E-state index contributed by atoms with van der Waals surface area (Å²) in [4.78, 5) is 14.6. The molecule has 24 heavy (non-hydrogen) atoms. The lowest BCUT2D eigenvalue weighted by Crippen LogP contribution is -2.53. The van der Waals surface area contributed by atoms with Gasteiger partial charge in [-0.25, -0.2) is 0 Å². The van der Waals surface area contributed by atoms with E-state index in [4.69, 9.17) is 5.11 Å². The summed E-state index contributed by atoms with van der Waals surface area (Å²) in [6.07, 6.45) is -4.42. The summed E-state index contributed by atoms with van der Waals surface area (Å²) in [5.74, 6) is -1.07. The van der Waals surface area contributed by atoms with Crippen molar-refractivity contribution in [3.63, 3.8) is 0 Å². The molecule has 0 bridgehead atoms. The fourth-order valence-electron chi connectivity index (χ4n) is 3.23. The highest BCUT2D eigenvalue weighted by Crippen LogP contribution is 2.34. The van der Waals surface area contributed by atoms with Gasteiger partial charge < -0.3 is 30.5 Å². The zero-order chi connectivity index (χ0) is 17.4. The van der Waals surface area contributed by atoms with Crippen LogP contribution in [0, 0.1) is 0 Å². The Kier molecular flexibility index (Phi) is 4.57. The van der Waals surface area contributed by atoms with Crippen molar-refractivity contribution >= 4 is 16.9 Å². The van der Waals surface area contributed by atoms with E-state index in [1.807, 2.05) is 24.3 Å². The van der Waals surface area contributed by atoms with E-state index in [-0.39, 0.29) is 6.42 Å². The van der Waals surface area contributed by atoms with Gasteiger partial charge in [0, 0.05) is 23.0 Å². The third-order valence-corrected chi connectivity index (χ3v) is 4.52. The van der Waals surface area contributed by atoms with Crippen LogP contribution >= 0.6 is 0 Å². The number of fused-ring (bicyclic) bond motifs is 3. The maximum atomic E-state index is 11.4. The Bertz CT molecular complexity index is 745. The van der Waals surface area contributed by atoms with Crippen LogP contribution < -0.4 is 5.32 Å². The summed E-state index contributed by atoms with van der Waals surface area (Å²) in [5, 5.41) is 52.0. The molecule has 1 aliphatic heterocycles. The van der Waals surface area contributed by atoms with E-state index in [0.717, 1.165) is 16.5 Å². The quantitative estimate of drug-likeness (QED) is 0.366. The van der Waals surface area contributed by atoms with Gasteiger partial charge in [-0.15, -0.1) is 0 Å². The minimum absolute atomic E-state index is 0.233. The van der Waals surface area contributed by atoms with Crippen molar-refractivity contribution < 1.29 is 30.3 Å². The number of rotatable bonds is 5. The average molecular weight is 336 g/mol. The molecule has 1 aromatic heterocycles. The maximum Gasteiger partial charge on any atom is 0.321 e. The summed E-state index contributed by atoms with van der Waals surface area (Å²) in [7, 11) is 0. The Balaban J connectivity index is 2.05. The van der Waals surface area contributed by atoms with Crippen molar-refractivity contribution in [3.8, 4) is 0 Å². The van der Waals surface area contributed by atoms with E-state index in [1.54, 1.807) is 0 Å². The topological polar surface area (TPSA) is 146 Å². The van der Waals surface area contributed by atoms with Crippen LogP contribution in [0.1, 0.15) is 17.3 Å². The first-order valence-electron chi connectivity index (χ1n) is 7.67. The number of aromatic amines is 1. The molecule has 8 heteroatoms. The first kappa shape index (κ1) is 16.9. The second-order valence-electron chi connectivity index (χ2n) is 6.03. The number of aliphatic carboxylic acids is 1. The fraction of sp³-hybridized carbons (Fsp3) is 0.438. The van der Waals surface area contributed by atoms with Gasteiger partial charge in [-0.3, -0.25) is 10.1 Å². The van der Waals surface area contributed by atoms with Gasteiger partial charge in [0.05, 0.1) is 12.6 Å². The number of carboxylic acid groups (broad SMARTS) is 1. The van der Waals surface area contributed by atoms with Gasteiger partial charge in [0.25, 0.3) is 0 Å². The number of hydrogen-bond acceptors (Lipinski definition) is 6. The van der Waals surface area contributed by atoms with E-state index in [2.05, 4.69) is 10.3 Å². The second kappa shape index (κ2) is 6.50. The van der Waals surface area contributed by atoms with Crippen molar-refractivity contribution in [3.05, 3.63) is 35.5 Å². The van der Waals surface area contributed by atoms with E-state index in [0.29, 0.717) is 5.69 Å². The third-order valence-electron chi connectivity index (χ3n) is 4.52. The predicted octanol–water partition coefficient (Wildman–Crippen LogP) is -1.12. The first-order chi connectivity index (χ1) is 11.4. The summed E-state index contributed by atoms with van der Waals surface area (Å²) >= 11 is 0. The molecule has 1 aliphatic rings. The van der Waals surface area contributed by atoms with Crippen LogP contribution in [0.5, 0.6) is 0 Å². The molecule has 0 radical (unpaired) electrons. The van der Waals surface area contributed by atoms with Crippen molar-refractivity contribution in [2.75, 3.05) is 6.61 Å². The number of benzene rings is 1.